The van der Waals surface area contributed by atoms with E-state index in [2.05, 4.69) is 5.32 Å². The number of aromatic hydroxyl groups is 1. The number of carbonyl (C=O) groups is 2. The first kappa shape index (κ1) is 12.8. The second-order valence-corrected chi connectivity index (χ2v) is 3.44. The third-order valence-electron chi connectivity index (χ3n) is 2.21. The number of carboxylic acid groups (broad SMARTS) is 1. The van der Waals surface area contributed by atoms with Gasteiger partial charge in [0.05, 0.1) is 7.11 Å². The van der Waals surface area contributed by atoms with Crippen molar-refractivity contribution in [2.75, 3.05) is 12.4 Å². The Bertz CT molecular complexity index is 443. The maximum atomic E-state index is 11.4. The molecule has 17 heavy (non-hydrogen) atoms. The first-order valence-corrected chi connectivity index (χ1v) is 4.86. The van der Waals surface area contributed by atoms with E-state index in [1.54, 1.807) is 0 Å². The normalized spacial score (nSPS) is 11.6. The molecule has 0 aliphatic carbocycles. The minimum absolute atomic E-state index is 0.131. The molecule has 0 radical (unpaired) electrons. The van der Waals surface area contributed by atoms with Gasteiger partial charge in [-0.15, -0.1) is 0 Å². The van der Waals surface area contributed by atoms with Crippen molar-refractivity contribution in [3.8, 4) is 11.5 Å². The molecule has 0 heterocycles. The first-order valence-electron chi connectivity index (χ1n) is 4.86. The van der Waals surface area contributed by atoms with Crippen LogP contribution in [0.5, 0.6) is 11.5 Å². The molecule has 1 unspecified atom stereocenters. The number of hydrogen-bond acceptors (Lipinski definition) is 4. The SMILES string of the molecule is COc1ccc(NC(=O)C(C)C(=O)O)cc1O. The number of ether oxygens (including phenoxy) is 1. The summed E-state index contributed by atoms with van der Waals surface area (Å²) in [5, 5.41) is 20.5. The molecule has 0 bridgehead atoms. The van der Waals surface area contributed by atoms with Crippen molar-refractivity contribution in [3.63, 3.8) is 0 Å². The van der Waals surface area contributed by atoms with E-state index in [4.69, 9.17) is 9.84 Å². The van der Waals surface area contributed by atoms with Crippen LogP contribution in [0.4, 0.5) is 5.69 Å². The molecule has 1 aromatic carbocycles. The van der Waals surface area contributed by atoms with Gasteiger partial charge in [-0.1, -0.05) is 0 Å². The molecule has 0 aliphatic heterocycles. The molecule has 0 saturated carbocycles. The highest BCUT2D eigenvalue weighted by Gasteiger charge is 2.20. The third kappa shape index (κ3) is 3.10. The average molecular weight is 239 g/mol. The Morgan fingerprint density at radius 1 is 1.41 bits per heavy atom. The van der Waals surface area contributed by atoms with E-state index in [1.165, 1.54) is 32.2 Å². The van der Waals surface area contributed by atoms with E-state index in [9.17, 15) is 14.7 Å². The Kier molecular flexibility index (Phi) is 3.92. The number of rotatable bonds is 4. The van der Waals surface area contributed by atoms with Crippen molar-refractivity contribution in [3.05, 3.63) is 18.2 Å². The summed E-state index contributed by atoms with van der Waals surface area (Å²) in [6.45, 7) is 1.28. The van der Waals surface area contributed by atoms with Gasteiger partial charge in [-0.05, 0) is 19.1 Å². The molecule has 6 nitrogen and oxygen atoms in total. The first-order chi connectivity index (χ1) is 7.95. The zero-order valence-electron chi connectivity index (χ0n) is 9.43. The summed E-state index contributed by atoms with van der Waals surface area (Å²) in [6, 6.07) is 4.26. The minimum Gasteiger partial charge on any atom is -0.504 e. The Morgan fingerprint density at radius 2 is 2.06 bits per heavy atom. The number of phenols is 1. The van der Waals surface area contributed by atoms with Crippen LogP contribution in [-0.2, 0) is 9.59 Å². The van der Waals surface area contributed by atoms with Crippen LogP contribution >= 0.6 is 0 Å². The topological polar surface area (TPSA) is 95.9 Å². The largest absolute Gasteiger partial charge is 0.504 e. The number of aliphatic carboxylic acids is 1. The fraction of sp³-hybridized carbons (Fsp3) is 0.273. The van der Waals surface area contributed by atoms with Crippen LogP contribution in [-0.4, -0.2) is 29.2 Å². The number of nitrogens with one attached hydrogen (secondary N) is 1. The average Bonchev–Trinajstić information content (AvgIpc) is 2.28. The molecule has 0 saturated heterocycles. The molecule has 3 N–H and O–H groups in total. The van der Waals surface area contributed by atoms with Crippen LogP contribution in [0.1, 0.15) is 6.92 Å². The van der Waals surface area contributed by atoms with E-state index in [0.717, 1.165) is 0 Å². The maximum Gasteiger partial charge on any atom is 0.315 e. The summed E-state index contributed by atoms with van der Waals surface area (Å²) in [7, 11) is 1.40. The van der Waals surface area contributed by atoms with Crippen molar-refractivity contribution in [1.29, 1.82) is 0 Å². The fourth-order valence-corrected chi connectivity index (χ4v) is 1.13. The molecule has 1 rings (SSSR count). The predicted octanol–water partition coefficient (Wildman–Crippen LogP) is 1.06. The highest BCUT2D eigenvalue weighted by Crippen LogP contribution is 2.28. The van der Waals surface area contributed by atoms with E-state index in [1.807, 2.05) is 0 Å². The number of anilines is 1. The van der Waals surface area contributed by atoms with Crippen LogP contribution in [0.3, 0.4) is 0 Å². The number of benzene rings is 1. The number of amides is 1. The molecular formula is C11H13NO5. The van der Waals surface area contributed by atoms with E-state index < -0.39 is 17.8 Å². The zero-order valence-corrected chi connectivity index (χ0v) is 9.43. The van der Waals surface area contributed by atoms with Crippen LogP contribution in [0, 0.1) is 5.92 Å². The lowest BCUT2D eigenvalue weighted by molar-refractivity contribution is -0.144. The fourth-order valence-electron chi connectivity index (χ4n) is 1.13. The van der Waals surface area contributed by atoms with Crippen molar-refractivity contribution in [1.82, 2.24) is 0 Å². The molecule has 92 valence electrons. The number of phenolic OH excluding ortho intramolecular Hbond substituents is 1. The lowest BCUT2D eigenvalue weighted by Crippen LogP contribution is -2.26. The highest BCUT2D eigenvalue weighted by molar-refractivity contribution is 6.03. The number of carboxylic acids is 1. The van der Waals surface area contributed by atoms with Gasteiger partial charge in [-0.3, -0.25) is 9.59 Å². The summed E-state index contributed by atoms with van der Waals surface area (Å²) in [6.07, 6.45) is 0. The maximum absolute atomic E-state index is 11.4. The van der Waals surface area contributed by atoms with E-state index in [0.29, 0.717) is 5.69 Å². The molecule has 1 amide bonds. The van der Waals surface area contributed by atoms with Crippen molar-refractivity contribution < 1.29 is 24.5 Å². The number of methoxy groups -OCH3 is 1. The number of hydrogen-bond donors (Lipinski definition) is 3. The molecule has 1 aromatic rings. The van der Waals surface area contributed by atoms with Crippen LogP contribution in [0.15, 0.2) is 18.2 Å². The highest BCUT2D eigenvalue weighted by atomic mass is 16.5. The van der Waals surface area contributed by atoms with Gasteiger partial charge in [-0.2, -0.15) is 0 Å². The van der Waals surface area contributed by atoms with Crippen LogP contribution < -0.4 is 10.1 Å². The molecular weight excluding hydrogens is 226 g/mol. The van der Waals surface area contributed by atoms with Gasteiger partial charge >= 0.3 is 5.97 Å². The molecule has 6 heteroatoms. The van der Waals surface area contributed by atoms with Gasteiger partial charge in [0.2, 0.25) is 5.91 Å². The Labute approximate surface area is 97.8 Å². The minimum atomic E-state index is -1.21. The molecule has 0 aromatic heterocycles. The second-order valence-electron chi connectivity index (χ2n) is 3.44. The van der Waals surface area contributed by atoms with Gasteiger partial charge in [0, 0.05) is 11.8 Å². The van der Waals surface area contributed by atoms with Crippen molar-refractivity contribution in [2.24, 2.45) is 5.92 Å². The second kappa shape index (κ2) is 5.20. The van der Waals surface area contributed by atoms with E-state index in [-0.39, 0.29) is 11.5 Å². The summed E-state index contributed by atoms with van der Waals surface area (Å²) in [5.41, 5.74) is 0.307. The standard InChI is InChI=1S/C11H13NO5/c1-6(11(15)16)10(14)12-7-3-4-9(17-2)8(13)5-7/h3-6,13H,1-2H3,(H,12,14)(H,15,16). The number of carbonyl (C=O) groups excluding carboxylic acids is 1. The van der Waals surface area contributed by atoms with Crippen molar-refractivity contribution in [2.45, 2.75) is 6.92 Å². The Hall–Kier alpha value is -2.24. The predicted molar refractivity (Wildman–Crippen MR) is 60.1 cm³/mol. The monoisotopic (exact) mass is 239 g/mol. The third-order valence-corrected chi connectivity index (χ3v) is 2.21. The summed E-state index contributed by atoms with van der Waals surface area (Å²) >= 11 is 0. The molecule has 0 fully saturated rings. The van der Waals surface area contributed by atoms with Crippen molar-refractivity contribution >= 4 is 17.6 Å². The van der Waals surface area contributed by atoms with Gasteiger partial charge in [0.15, 0.2) is 11.5 Å². The van der Waals surface area contributed by atoms with E-state index >= 15 is 0 Å². The zero-order chi connectivity index (χ0) is 13.0. The summed E-state index contributed by atoms with van der Waals surface area (Å²) < 4.78 is 4.83. The van der Waals surface area contributed by atoms with Gasteiger partial charge < -0.3 is 20.3 Å². The summed E-state index contributed by atoms with van der Waals surface area (Å²) in [4.78, 5) is 22.0. The van der Waals surface area contributed by atoms with Gasteiger partial charge in [0.25, 0.3) is 0 Å². The molecule has 1 atom stereocenters. The van der Waals surface area contributed by atoms with Gasteiger partial charge in [-0.25, -0.2) is 0 Å². The Balaban J connectivity index is 2.79. The quantitative estimate of drug-likeness (QED) is 0.683. The lowest BCUT2D eigenvalue weighted by atomic mass is 10.1. The Morgan fingerprint density at radius 3 is 2.53 bits per heavy atom. The summed E-state index contributed by atoms with van der Waals surface area (Å²) in [5.74, 6) is -2.87. The molecule has 0 aliphatic rings. The smallest absolute Gasteiger partial charge is 0.315 e. The van der Waals surface area contributed by atoms with Gasteiger partial charge in [0.1, 0.15) is 5.92 Å². The van der Waals surface area contributed by atoms with Crippen LogP contribution in [0.25, 0.3) is 0 Å². The molecule has 0 spiro atoms. The van der Waals surface area contributed by atoms with Crippen LogP contribution in [0.2, 0.25) is 0 Å². The lowest BCUT2D eigenvalue weighted by Gasteiger charge is -2.10.